The summed E-state index contributed by atoms with van der Waals surface area (Å²) in [5.74, 6) is 0.883. The summed E-state index contributed by atoms with van der Waals surface area (Å²) in [7, 11) is 2.00. The van der Waals surface area contributed by atoms with Crippen molar-refractivity contribution in [2.24, 2.45) is 0 Å². The molecule has 0 bridgehead atoms. The third-order valence-corrected chi connectivity index (χ3v) is 4.98. The Labute approximate surface area is 157 Å². The van der Waals surface area contributed by atoms with Gasteiger partial charge in [-0.3, -0.25) is 4.79 Å². The number of hydrogen-bond acceptors (Lipinski definition) is 4. The van der Waals surface area contributed by atoms with Gasteiger partial charge >= 0.3 is 0 Å². The van der Waals surface area contributed by atoms with Gasteiger partial charge in [-0.25, -0.2) is 0 Å². The Hall–Kier alpha value is -2.30. The number of carbonyl (C=O) groups excluding carboxylic acids is 1. The highest BCUT2D eigenvalue weighted by Crippen LogP contribution is 2.33. The van der Waals surface area contributed by atoms with E-state index >= 15 is 0 Å². The molecular weight excluding hydrogens is 326 g/mol. The smallest absolute Gasteiger partial charge is 0.232 e. The van der Waals surface area contributed by atoms with E-state index in [1.165, 1.54) is 0 Å². The van der Waals surface area contributed by atoms with Crippen molar-refractivity contribution < 1.29 is 9.32 Å². The Morgan fingerprint density at radius 2 is 1.81 bits per heavy atom. The summed E-state index contributed by atoms with van der Waals surface area (Å²) in [6.45, 7) is 10.8. The lowest BCUT2D eigenvalue weighted by molar-refractivity contribution is -0.133. The fourth-order valence-electron chi connectivity index (χ4n) is 2.86. The maximum atomic E-state index is 12.6. The lowest BCUT2D eigenvalue weighted by atomic mass is 10.1. The van der Waals surface area contributed by atoms with E-state index in [-0.39, 0.29) is 18.0 Å². The van der Waals surface area contributed by atoms with E-state index in [1.54, 1.807) is 0 Å². The van der Waals surface area contributed by atoms with Crippen LogP contribution in [0.5, 0.6) is 0 Å². The monoisotopic (exact) mass is 357 g/mol. The highest BCUT2D eigenvalue weighted by Gasteiger charge is 2.27. The molecule has 1 aromatic heterocycles. The van der Waals surface area contributed by atoms with Crippen molar-refractivity contribution >= 4 is 11.8 Å². The fraction of sp³-hybridized carbons (Fsp3) is 0.524. The molecular formula is C21H31N3O2. The Morgan fingerprint density at radius 1 is 1.15 bits per heavy atom. The van der Waals surface area contributed by atoms with Crippen molar-refractivity contribution in [3.63, 3.8) is 0 Å². The number of carbonyl (C=O) groups is 1. The maximum absolute atomic E-state index is 12.6. The van der Waals surface area contributed by atoms with Crippen molar-refractivity contribution in [2.45, 2.75) is 66.1 Å². The maximum Gasteiger partial charge on any atom is 0.232 e. The fourth-order valence-corrected chi connectivity index (χ4v) is 2.86. The van der Waals surface area contributed by atoms with Crippen LogP contribution in [0.2, 0.25) is 0 Å². The van der Waals surface area contributed by atoms with Crippen molar-refractivity contribution in [1.29, 1.82) is 0 Å². The zero-order chi connectivity index (χ0) is 19.3. The molecule has 2 aromatic rings. The minimum Gasteiger partial charge on any atom is -0.341 e. The predicted molar refractivity (Wildman–Crippen MR) is 106 cm³/mol. The van der Waals surface area contributed by atoms with Crippen LogP contribution in [0.3, 0.4) is 0 Å². The first-order chi connectivity index (χ1) is 12.4. The van der Waals surface area contributed by atoms with Crippen LogP contribution >= 0.6 is 0 Å². The molecule has 1 atom stereocenters. The minimum absolute atomic E-state index is 0.151. The first kappa shape index (κ1) is 20.0. The Morgan fingerprint density at radius 3 is 2.35 bits per heavy atom. The second-order valence-corrected chi connectivity index (χ2v) is 7.02. The average molecular weight is 357 g/mol. The second-order valence-electron chi connectivity index (χ2n) is 7.02. The van der Waals surface area contributed by atoms with Gasteiger partial charge < -0.3 is 14.3 Å². The number of amides is 1. The van der Waals surface area contributed by atoms with E-state index in [4.69, 9.17) is 4.52 Å². The quantitative estimate of drug-likeness (QED) is 0.686. The van der Waals surface area contributed by atoms with Crippen LogP contribution < -0.4 is 4.90 Å². The van der Waals surface area contributed by atoms with Crippen LogP contribution in [0.4, 0.5) is 5.88 Å². The Bertz CT molecular complexity index is 709. The Kier molecular flexibility index (Phi) is 6.83. The first-order valence-corrected chi connectivity index (χ1v) is 9.46. The van der Waals surface area contributed by atoms with Crippen molar-refractivity contribution in [1.82, 2.24) is 10.1 Å². The van der Waals surface area contributed by atoms with Crippen LogP contribution in [0.1, 0.15) is 53.0 Å². The standard InChI is InChI=1S/C21H31N3O2/c1-7-16(5)24(19(25)8-2)14-18-20(17-12-10-9-11-13-17)22-26-21(18)23(6)15(3)4/h9-13,15-16H,7-8,14H2,1-6H3/t16-/m0/s1. The molecule has 1 aromatic carbocycles. The lowest BCUT2D eigenvalue weighted by Crippen LogP contribution is -2.38. The normalized spacial score (nSPS) is 12.3. The van der Waals surface area contributed by atoms with Gasteiger partial charge in [0.1, 0.15) is 5.69 Å². The molecule has 5 nitrogen and oxygen atoms in total. The van der Waals surface area contributed by atoms with E-state index < -0.39 is 0 Å². The molecule has 1 heterocycles. The molecule has 0 saturated heterocycles. The number of benzene rings is 1. The summed E-state index contributed by atoms with van der Waals surface area (Å²) in [6.07, 6.45) is 1.40. The number of aromatic nitrogens is 1. The van der Waals surface area contributed by atoms with E-state index in [0.717, 1.165) is 29.1 Å². The molecule has 0 aliphatic heterocycles. The summed E-state index contributed by atoms with van der Waals surface area (Å²) in [6, 6.07) is 10.4. The molecule has 0 aliphatic rings. The van der Waals surface area contributed by atoms with Crippen LogP contribution in [0.25, 0.3) is 11.3 Å². The molecule has 2 rings (SSSR count). The predicted octanol–water partition coefficient (Wildman–Crippen LogP) is 4.72. The molecule has 1 amide bonds. The molecule has 0 saturated carbocycles. The first-order valence-electron chi connectivity index (χ1n) is 9.46. The summed E-state index contributed by atoms with van der Waals surface area (Å²) in [4.78, 5) is 16.6. The molecule has 0 spiro atoms. The van der Waals surface area contributed by atoms with Gasteiger partial charge in [-0.15, -0.1) is 0 Å². The van der Waals surface area contributed by atoms with Crippen LogP contribution in [0, 0.1) is 0 Å². The van der Waals surface area contributed by atoms with Gasteiger partial charge in [-0.1, -0.05) is 49.3 Å². The van der Waals surface area contributed by atoms with E-state index in [2.05, 4.69) is 37.8 Å². The molecule has 5 heteroatoms. The van der Waals surface area contributed by atoms with Crippen LogP contribution in [-0.2, 0) is 11.3 Å². The van der Waals surface area contributed by atoms with Crippen LogP contribution in [-0.4, -0.2) is 35.1 Å². The third-order valence-electron chi connectivity index (χ3n) is 4.98. The molecule has 0 aliphatic carbocycles. The van der Waals surface area contributed by atoms with E-state index in [9.17, 15) is 4.79 Å². The van der Waals surface area contributed by atoms with Crippen molar-refractivity contribution in [2.75, 3.05) is 11.9 Å². The minimum atomic E-state index is 0.151. The molecule has 26 heavy (non-hydrogen) atoms. The molecule has 0 N–H and O–H groups in total. The van der Waals surface area contributed by atoms with E-state index in [1.807, 2.05) is 49.2 Å². The summed E-state index contributed by atoms with van der Waals surface area (Å²) < 4.78 is 5.74. The third kappa shape index (κ3) is 4.26. The topological polar surface area (TPSA) is 49.6 Å². The van der Waals surface area contributed by atoms with Gasteiger partial charge in [0.05, 0.1) is 12.1 Å². The zero-order valence-corrected chi connectivity index (χ0v) is 16.8. The number of rotatable bonds is 8. The van der Waals surface area contributed by atoms with Gasteiger partial charge in [0, 0.05) is 31.1 Å². The largest absolute Gasteiger partial charge is 0.341 e. The Balaban J connectivity index is 2.52. The lowest BCUT2D eigenvalue weighted by Gasteiger charge is -2.30. The number of nitrogens with zero attached hydrogens (tertiary/aromatic N) is 3. The highest BCUT2D eigenvalue weighted by atomic mass is 16.5. The molecule has 142 valence electrons. The molecule has 0 radical (unpaired) electrons. The summed E-state index contributed by atoms with van der Waals surface area (Å²) in [5.41, 5.74) is 2.78. The average Bonchev–Trinajstić information content (AvgIpc) is 3.08. The number of anilines is 1. The number of hydrogen-bond donors (Lipinski definition) is 0. The van der Waals surface area contributed by atoms with Gasteiger partial charge in [0.2, 0.25) is 11.8 Å². The zero-order valence-electron chi connectivity index (χ0n) is 16.8. The van der Waals surface area contributed by atoms with Crippen molar-refractivity contribution in [3.8, 4) is 11.3 Å². The van der Waals surface area contributed by atoms with E-state index in [0.29, 0.717) is 13.0 Å². The van der Waals surface area contributed by atoms with Gasteiger partial charge in [-0.2, -0.15) is 0 Å². The van der Waals surface area contributed by atoms with Crippen LogP contribution in [0.15, 0.2) is 34.9 Å². The van der Waals surface area contributed by atoms with Gasteiger partial charge in [-0.05, 0) is 27.2 Å². The second kappa shape index (κ2) is 8.88. The summed E-state index contributed by atoms with van der Waals surface area (Å²) >= 11 is 0. The van der Waals surface area contributed by atoms with Crippen molar-refractivity contribution in [3.05, 3.63) is 35.9 Å². The SMILES string of the molecule is CCC(=O)N(Cc1c(-c2ccccc2)noc1N(C)C(C)C)[C@@H](C)CC. The highest BCUT2D eigenvalue weighted by molar-refractivity contribution is 5.77. The van der Waals surface area contributed by atoms with Gasteiger partial charge in [0.25, 0.3) is 0 Å². The molecule has 0 fully saturated rings. The molecule has 0 unspecified atom stereocenters. The van der Waals surface area contributed by atoms with Gasteiger partial charge in [0.15, 0.2) is 0 Å². The summed E-state index contributed by atoms with van der Waals surface area (Å²) in [5, 5.41) is 4.36.